The van der Waals surface area contributed by atoms with Crippen molar-refractivity contribution in [2.75, 3.05) is 18.9 Å². The average Bonchev–Trinajstić information content (AvgIpc) is 2.59. The van der Waals surface area contributed by atoms with Crippen LogP contribution in [0.3, 0.4) is 0 Å². The summed E-state index contributed by atoms with van der Waals surface area (Å²) in [5, 5.41) is 4.99. The van der Waals surface area contributed by atoms with Gasteiger partial charge in [-0.15, -0.1) is 0 Å². The minimum absolute atomic E-state index is 0.110. The normalized spacial score (nSPS) is 10.7. The highest BCUT2D eigenvalue weighted by molar-refractivity contribution is 8.02. The van der Waals surface area contributed by atoms with Crippen LogP contribution in [0.2, 0.25) is 10.0 Å². The van der Waals surface area contributed by atoms with Gasteiger partial charge in [-0.2, -0.15) is 0 Å². The van der Waals surface area contributed by atoms with Crippen molar-refractivity contribution < 1.29 is 9.59 Å². The largest absolute Gasteiger partial charge is 0.333 e. The lowest BCUT2D eigenvalue weighted by atomic mass is 10.3. The number of amides is 2. The molecule has 0 bridgehead atoms. The van der Waals surface area contributed by atoms with Gasteiger partial charge in [0.1, 0.15) is 0 Å². The van der Waals surface area contributed by atoms with Crippen LogP contribution in [0.4, 0.5) is 5.69 Å². The number of carbonyl (C=O) groups is 2. The van der Waals surface area contributed by atoms with Crippen LogP contribution in [-0.4, -0.2) is 30.3 Å². The number of anilines is 1. The maximum absolute atomic E-state index is 12.1. The zero-order valence-electron chi connectivity index (χ0n) is 13.4. The molecule has 1 N–H and O–H groups in total. The number of nitrogens with zero attached hydrogens (tertiary/aromatic N) is 1. The molecule has 0 heterocycles. The van der Waals surface area contributed by atoms with Crippen LogP contribution in [-0.2, 0) is 9.59 Å². The highest BCUT2D eigenvalue weighted by atomic mass is 35.5. The number of hydrogen-bond acceptors (Lipinski definition) is 3. The smallest absolute Gasteiger partial charge is 0.247 e. The third-order valence-corrected chi connectivity index (χ3v) is 4.59. The predicted molar refractivity (Wildman–Crippen MR) is 104 cm³/mol. The van der Waals surface area contributed by atoms with E-state index >= 15 is 0 Å². The van der Waals surface area contributed by atoms with E-state index in [1.807, 2.05) is 30.3 Å². The Labute approximate surface area is 160 Å². The van der Waals surface area contributed by atoms with Crippen LogP contribution in [0.25, 0.3) is 0 Å². The Morgan fingerprint density at radius 2 is 1.72 bits per heavy atom. The number of rotatable bonds is 6. The molecule has 0 atom stereocenters. The number of likely N-dealkylation sites (N-methyl/N-ethyl adjacent to an activating group) is 1. The van der Waals surface area contributed by atoms with Gasteiger partial charge < -0.3 is 10.2 Å². The molecule has 4 nitrogen and oxygen atoms in total. The lowest BCUT2D eigenvalue weighted by Crippen LogP contribution is -2.34. The molecule has 0 aliphatic carbocycles. The molecule has 0 saturated carbocycles. The van der Waals surface area contributed by atoms with Gasteiger partial charge in [0.25, 0.3) is 0 Å². The van der Waals surface area contributed by atoms with E-state index in [1.54, 1.807) is 30.7 Å². The fourth-order valence-electron chi connectivity index (χ4n) is 1.89. The minimum Gasteiger partial charge on any atom is -0.333 e. The monoisotopic (exact) mass is 394 g/mol. The molecule has 2 amide bonds. The van der Waals surface area contributed by atoms with Crippen molar-refractivity contribution >= 4 is 52.5 Å². The van der Waals surface area contributed by atoms with Crippen molar-refractivity contribution in [3.63, 3.8) is 0 Å². The molecule has 0 aliphatic rings. The first-order chi connectivity index (χ1) is 12.0. The summed E-state index contributed by atoms with van der Waals surface area (Å²) >= 11 is 13.4. The summed E-state index contributed by atoms with van der Waals surface area (Å²) in [7, 11) is 1.55. The number of carbonyl (C=O) groups excluding carboxylic acids is 2. The van der Waals surface area contributed by atoms with Crippen LogP contribution < -0.4 is 5.32 Å². The Morgan fingerprint density at radius 3 is 2.36 bits per heavy atom. The Balaban J connectivity index is 1.87. The number of thioether (sulfide) groups is 1. The Bertz CT molecular complexity index is 762. The van der Waals surface area contributed by atoms with Gasteiger partial charge in [-0.25, -0.2) is 0 Å². The van der Waals surface area contributed by atoms with Crippen molar-refractivity contribution in [1.82, 2.24) is 4.90 Å². The number of benzene rings is 2. The van der Waals surface area contributed by atoms with Gasteiger partial charge in [0.2, 0.25) is 11.8 Å². The lowest BCUT2D eigenvalue weighted by Gasteiger charge is -2.15. The van der Waals surface area contributed by atoms with Crippen molar-refractivity contribution in [3.05, 3.63) is 70.1 Å². The Kier molecular flexibility index (Phi) is 7.37. The van der Waals surface area contributed by atoms with E-state index in [4.69, 9.17) is 23.2 Å². The Hall–Kier alpha value is -1.95. The number of hydrogen-bond donors (Lipinski definition) is 1. The lowest BCUT2D eigenvalue weighted by molar-refractivity contribution is -0.129. The van der Waals surface area contributed by atoms with Crippen LogP contribution in [0.15, 0.2) is 64.9 Å². The minimum atomic E-state index is -0.380. The van der Waals surface area contributed by atoms with Crippen LogP contribution in [0.5, 0.6) is 0 Å². The van der Waals surface area contributed by atoms with Gasteiger partial charge >= 0.3 is 0 Å². The van der Waals surface area contributed by atoms with Crippen molar-refractivity contribution in [2.45, 2.75) is 4.90 Å². The topological polar surface area (TPSA) is 49.4 Å². The maximum atomic E-state index is 12.1. The molecule has 2 aromatic rings. The first-order valence-corrected chi connectivity index (χ1v) is 8.98. The quantitative estimate of drug-likeness (QED) is 0.570. The molecule has 0 radical (unpaired) electrons. The summed E-state index contributed by atoms with van der Waals surface area (Å²) in [6.45, 7) is -0.110. The molecule has 7 heteroatoms. The summed E-state index contributed by atoms with van der Waals surface area (Å²) in [4.78, 5) is 26.5. The predicted octanol–water partition coefficient (Wildman–Crippen LogP) is 4.70. The van der Waals surface area contributed by atoms with E-state index in [1.165, 1.54) is 22.7 Å². The van der Waals surface area contributed by atoms with Crippen LogP contribution >= 0.6 is 35.0 Å². The van der Waals surface area contributed by atoms with E-state index in [0.717, 1.165) is 4.90 Å². The number of nitrogens with one attached hydrogen (secondary N) is 1. The first-order valence-electron chi connectivity index (χ1n) is 7.34. The third-order valence-electron chi connectivity index (χ3n) is 3.14. The van der Waals surface area contributed by atoms with Crippen LogP contribution in [0, 0.1) is 0 Å². The molecule has 25 heavy (non-hydrogen) atoms. The molecule has 0 saturated heterocycles. The van der Waals surface area contributed by atoms with Gasteiger partial charge in [0, 0.05) is 18.0 Å². The highest BCUT2D eigenvalue weighted by Crippen LogP contribution is 2.29. The van der Waals surface area contributed by atoms with E-state index in [9.17, 15) is 9.59 Å². The molecule has 2 rings (SSSR count). The molecular weight excluding hydrogens is 379 g/mol. The summed E-state index contributed by atoms with van der Waals surface area (Å²) in [6, 6.07) is 14.6. The maximum Gasteiger partial charge on any atom is 0.247 e. The second kappa shape index (κ2) is 9.51. The number of para-hydroxylation sites is 1. The SMILES string of the molecule is CN(CC(=O)Nc1c(Cl)cccc1Cl)C(=O)/C=C/Sc1ccccc1. The van der Waals surface area contributed by atoms with E-state index in [2.05, 4.69) is 5.32 Å². The molecule has 0 spiro atoms. The third kappa shape index (κ3) is 6.12. The molecule has 130 valence electrons. The van der Waals surface area contributed by atoms with Gasteiger partial charge in [0.15, 0.2) is 0 Å². The molecule has 2 aromatic carbocycles. The second-order valence-electron chi connectivity index (χ2n) is 5.07. The van der Waals surface area contributed by atoms with Crippen molar-refractivity contribution in [2.24, 2.45) is 0 Å². The molecule has 0 unspecified atom stereocenters. The number of halogens is 2. The van der Waals surface area contributed by atoms with Gasteiger partial charge in [-0.1, -0.05) is 59.2 Å². The molecule has 0 aliphatic heterocycles. The van der Waals surface area contributed by atoms with Gasteiger partial charge in [-0.3, -0.25) is 9.59 Å². The van der Waals surface area contributed by atoms with Crippen molar-refractivity contribution in [1.29, 1.82) is 0 Å². The van der Waals surface area contributed by atoms with E-state index in [0.29, 0.717) is 15.7 Å². The average molecular weight is 395 g/mol. The van der Waals surface area contributed by atoms with Gasteiger partial charge in [0.05, 0.1) is 22.3 Å². The highest BCUT2D eigenvalue weighted by Gasteiger charge is 2.13. The fourth-order valence-corrected chi connectivity index (χ4v) is 3.03. The van der Waals surface area contributed by atoms with Crippen molar-refractivity contribution in [3.8, 4) is 0 Å². The zero-order valence-corrected chi connectivity index (χ0v) is 15.7. The van der Waals surface area contributed by atoms with E-state index in [-0.39, 0.29) is 18.4 Å². The summed E-state index contributed by atoms with van der Waals surface area (Å²) in [6.07, 6.45) is 1.42. The van der Waals surface area contributed by atoms with Gasteiger partial charge in [-0.05, 0) is 29.7 Å². The van der Waals surface area contributed by atoms with E-state index < -0.39 is 0 Å². The standard InChI is InChI=1S/C18H16Cl2N2O2S/c1-22(17(24)10-11-25-13-6-3-2-4-7-13)12-16(23)21-18-14(19)8-5-9-15(18)20/h2-11H,12H2,1H3,(H,21,23)/b11-10+. The summed E-state index contributed by atoms with van der Waals surface area (Å²) in [5.41, 5.74) is 0.340. The Morgan fingerprint density at radius 1 is 1.08 bits per heavy atom. The molecule has 0 aromatic heterocycles. The molecular formula is C18H16Cl2N2O2S. The fraction of sp³-hybridized carbons (Fsp3) is 0.111. The first kappa shape index (κ1) is 19.4. The zero-order chi connectivity index (χ0) is 18.2. The summed E-state index contributed by atoms with van der Waals surface area (Å²) < 4.78 is 0. The second-order valence-corrected chi connectivity index (χ2v) is 6.87. The molecule has 0 fully saturated rings. The van der Waals surface area contributed by atoms with Crippen LogP contribution in [0.1, 0.15) is 0 Å². The summed E-state index contributed by atoms with van der Waals surface area (Å²) in [5.74, 6) is -0.654.